The molecule has 2 heteroatoms. The molecule has 0 spiro atoms. The molecule has 0 fully saturated rings. The van der Waals surface area contributed by atoms with Crippen LogP contribution in [0.5, 0.6) is 0 Å². The summed E-state index contributed by atoms with van der Waals surface area (Å²) < 4.78 is 12.3. The molecule has 0 radical (unpaired) electrons. The summed E-state index contributed by atoms with van der Waals surface area (Å²) in [6.45, 7) is 3.00. The minimum absolute atomic E-state index is 0.743. The zero-order valence-corrected chi connectivity index (χ0v) is 7.15. The molecule has 1 aromatic rings. The smallest absolute Gasteiger partial charge is 0.125 e. The van der Waals surface area contributed by atoms with E-state index in [-0.39, 0.29) is 0 Å². The van der Waals surface area contributed by atoms with Crippen LogP contribution in [0.3, 0.4) is 0 Å². The van der Waals surface area contributed by atoms with E-state index in [4.69, 9.17) is 5.11 Å². The van der Waals surface area contributed by atoms with E-state index in [0.717, 1.165) is 5.56 Å². The summed E-state index contributed by atoms with van der Waals surface area (Å²) in [5.74, 6) is -0.743. The fourth-order valence-electron chi connectivity index (χ4n) is 0.871. The molecule has 1 atom stereocenters. The number of hydrogen-bond acceptors (Lipinski definition) is 1. The number of benzene rings is 1. The molecule has 68 valence electrons. The first kappa shape index (κ1) is 9.68. The van der Waals surface area contributed by atoms with Crippen molar-refractivity contribution in [2.75, 3.05) is 0 Å². The standard InChI is InChI=1S/C11H11FO/c1-9(12)11(13)8-7-10-5-3-2-4-6-10/h2-8,11,13H,1H2/b8-7+. The van der Waals surface area contributed by atoms with Gasteiger partial charge in [0.15, 0.2) is 0 Å². The van der Waals surface area contributed by atoms with Gasteiger partial charge in [0.25, 0.3) is 0 Å². The lowest BCUT2D eigenvalue weighted by molar-refractivity contribution is 0.230. The highest BCUT2D eigenvalue weighted by Crippen LogP contribution is 2.06. The molecule has 1 nitrogen and oxygen atoms in total. The van der Waals surface area contributed by atoms with Gasteiger partial charge in [0.1, 0.15) is 11.9 Å². The molecule has 0 aliphatic heterocycles. The van der Waals surface area contributed by atoms with Crippen molar-refractivity contribution in [1.29, 1.82) is 0 Å². The molecule has 0 saturated heterocycles. The summed E-state index contributed by atoms with van der Waals surface area (Å²) in [6, 6.07) is 9.36. The van der Waals surface area contributed by atoms with E-state index < -0.39 is 11.9 Å². The number of halogens is 1. The van der Waals surface area contributed by atoms with Crippen molar-refractivity contribution in [2.45, 2.75) is 6.10 Å². The van der Waals surface area contributed by atoms with Gasteiger partial charge in [0.2, 0.25) is 0 Å². The van der Waals surface area contributed by atoms with Crippen molar-refractivity contribution in [3.63, 3.8) is 0 Å². The normalized spacial score (nSPS) is 13.1. The third-order valence-corrected chi connectivity index (χ3v) is 1.59. The summed E-state index contributed by atoms with van der Waals surface area (Å²) in [5.41, 5.74) is 0.919. The van der Waals surface area contributed by atoms with Gasteiger partial charge >= 0.3 is 0 Å². The first-order valence-electron chi connectivity index (χ1n) is 3.96. The molecule has 0 aromatic heterocycles. The topological polar surface area (TPSA) is 20.2 Å². The molecule has 1 aromatic carbocycles. The fraction of sp³-hybridized carbons (Fsp3) is 0.0909. The van der Waals surface area contributed by atoms with Gasteiger partial charge in [-0.15, -0.1) is 0 Å². The van der Waals surface area contributed by atoms with Crippen molar-refractivity contribution in [1.82, 2.24) is 0 Å². The van der Waals surface area contributed by atoms with E-state index in [1.807, 2.05) is 30.3 Å². The highest BCUT2D eigenvalue weighted by Gasteiger charge is 2.01. The van der Waals surface area contributed by atoms with Crippen LogP contribution in [0.25, 0.3) is 6.08 Å². The summed E-state index contributed by atoms with van der Waals surface area (Å²) in [6.07, 6.45) is 1.80. The minimum atomic E-state index is -1.21. The molecule has 0 heterocycles. The van der Waals surface area contributed by atoms with Crippen molar-refractivity contribution in [3.8, 4) is 0 Å². The Labute approximate surface area is 76.8 Å². The molecular formula is C11H11FO. The molecular weight excluding hydrogens is 167 g/mol. The Morgan fingerprint density at radius 1 is 1.38 bits per heavy atom. The molecule has 13 heavy (non-hydrogen) atoms. The average Bonchev–Trinajstić information content (AvgIpc) is 2.15. The van der Waals surface area contributed by atoms with Crippen LogP contribution in [-0.2, 0) is 0 Å². The van der Waals surface area contributed by atoms with Crippen LogP contribution in [0.1, 0.15) is 5.56 Å². The maximum atomic E-state index is 12.3. The number of rotatable bonds is 3. The summed E-state index contributed by atoms with van der Waals surface area (Å²) in [4.78, 5) is 0. The average molecular weight is 178 g/mol. The summed E-state index contributed by atoms with van der Waals surface area (Å²) in [5, 5.41) is 9.03. The molecule has 0 aliphatic carbocycles. The Kier molecular flexibility index (Phi) is 3.41. The zero-order valence-electron chi connectivity index (χ0n) is 7.15. The second-order valence-electron chi connectivity index (χ2n) is 2.66. The molecule has 1 unspecified atom stereocenters. The van der Waals surface area contributed by atoms with Crippen LogP contribution < -0.4 is 0 Å². The third kappa shape index (κ3) is 3.22. The summed E-state index contributed by atoms with van der Waals surface area (Å²) >= 11 is 0. The van der Waals surface area contributed by atoms with E-state index in [1.54, 1.807) is 6.08 Å². The number of aliphatic hydroxyl groups excluding tert-OH is 1. The van der Waals surface area contributed by atoms with Crippen LogP contribution in [0.2, 0.25) is 0 Å². The Balaban J connectivity index is 2.64. The van der Waals surface area contributed by atoms with E-state index in [1.165, 1.54) is 6.08 Å². The van der Waals surface area contributed by atoms with Crippen LogP contribution >= 0.6 is 0 Å². The predicted octanol–water partition coefficient (Wildman–Crippen LogP) is 2.54. The summed E-state index contributed by atoms with van der Waals surface area (Å²) in [7, 11) is 0. The van der Waals surface area contributed by atoms with Gasteiger partial charge in [-0.2, -0.15) is 0 Å². The van der Waals surface area contributed by atoms with Gasteiger partial charge in [-0.25, -0.2) is 4.39 Å². The monoisotopic (exact) mass is 178 g/mol. The largest absolute Gasteiger partial charge is 0.382 e. The molecule has 1 N–H and O–H groups in total. The zero-order chi connectivity index (χ0) is 9.68. The second-order valence-corrected chi connectivity index (χ2v) is 2.66. The van der Waals surface area contributed by atoms with E-state index in [0.29, 0.717) is 0 Å². The Morgan fingerprint density at radius 3 is 2.54 bits per heavy atom. The highest BCUT2D eigenvalue weighted by molar-refractivity contribution is 5.49. The van der Waals surface area contributed by atoms with Crippen molar-refractivity contribution in [3.05, 3.63) is 54.4 Å². The van der Waals surface area contributed by atoms with Crippen molar-refractivity contribution < 1.29 is 9.50 Å². The van der Waals surface area contributed by atoms with E-state index in [9.17, 15) is 4.39 Å². The Bertz CT molecular complexity index is 303. The molecule has 1 rings (SSSR count). The first-order valence-corrected chi connectivity index (χ1v) is 3.96. The first-order chi connectivity index (χ1) is 6.20. The fourth-order valence-corrected chi connectivity index (χ4v) is 0.871. The lowest BCUT2D eigenvalue weighted by Gasteiger charge is -1.99. The number of aliphatic hydroxyl groups is 1. The maximum Gasteiger partial charge on any atom is 0.125 e. The van der Waals surface area contributed by atoms with Crippen LogP contribution in [0.15, 0.2) is 48.8 Å². The quantitative estimate of drug-likeness (QED) is 0.754. The minimum Gasteiger partial charge on any atom is -0.382 e. The Morgan fingerprint density at radius 2 is 2.00 bits per heavy atom. The SMILES string of the molecule is C=C(F)C(O)/C=C/c1ccccc1. The highest BCUT2D eigenvalue weighted by atomic mass is 19.1. The van der Waals surface area contributed by atoms with Crippen LogP contribution in [0, 0.1) is 0 Å². The van der Waals surface area contributed by atoms with Gasteiger partial charge in [0, 0.05) is 0 Å². The van der Waals surface area contributed by atoms with Gasteiger partial charge in [-0.05, 0) is 11.6 Å². The molecule has 0 amide bonds. The Hall–Kier alpha value is -1.41. The van der Waals surface area contributed by atoms with Crippen molar-refractivity contribution >= 4 is 6.08 Å². The van der Waals surface area contributed by atoms with Gasteiger partial charge < -0.3 is 5.11 Å². The van der Waals surface area contributed by atoms with Crippen LogP contribution in [0.4, 0.5) is 4.39 Å². The maximum absolute atomic E-state index is 12.3. The molecule has 0 saturated carbocycles. The lowest BCUT2D eigenvalue weighted by atomic mass is 10.2. The van der Waals surface area contributed by atoms with Gasteiger partial charge in [-0.1, -0.05) is 43.0 Å². The lowest BCUT2D eigenvalue weighted by Crippen LogP contribution is -2.00. The van der Waals surface area contributed by atoms with Crippen molar-refractivity contribution in [2.24, 2.45) is 0 Å². The van der Waals surface area contributed by atoms with E-state index in [2.05, 4.69) is 6.58 Å². The second kappa shape index (κ2) is 4.58. The molecule has 0 aliphatic rings. The number of hydrogen-bond donors (Lipinski definition) is 1. The van der Waals surface area contributed by atoms with Gasteiger partial charge in [0.05, 0.1) is 0 Å². The van der Waals surface area contributed by atoms with E-state index >= 15 is 0 Å². The third-order valence-electron chi connectivity index (χ3n) is 1.59. The van der Waals surface area contributed by atoms with Gasteiger partial charge in [-0.3, -0.25) is 0 Å². The van der Waals surface area contributed by atoms with Crippen LogP contribution in [-0.4, -0.2) is 11.2 Å². The molecule has 0 bridgehead atoms. The predicted molar refractivity (Wildman–Crippen MR) is 51.7 cm³/mol.